The topological polar surface area (TPSA) is 91.0 Å². The van der Waals surface area contributed by atoms with Gasteiger partial charge in [-0.2, -0.15) is 0 Å². The first-order valence-corrected chi connectivity index (χ1v) is 5.41. The zero-order chi connectivity index (χ0) is 13.7. The van der Waals surface area contributed by atoms with Crippen LogP contribution in [0.25, 0.3) is 0 Å². The number of nitrogen functional groups attached to an aromatic ring is 1. The molecule has 6 heteroatoms. The van der Waals surface area contributed by atoms with Gasteiger partial charge in [-0.3, -0.25) is 0 Å². The SMILES string of the molecule is CCOC(=O)C(O)c1cc(OC)c(N)c(OC)c1. The Bertz CT molecular complexity index is 407. The number of carbonyl (C=O) groups excluding carboxylic acids is 1. The molecule has 1 unspecified atom stereocenters. The second-order valence-corrected chi connectivity index (χ2v) is 3.49. The number of ether oxygens (including phenoxy) is 3. The number of rotatable bonds is 5. The average molecular weight is 255 g/mol. The molecule has 0 radical (unpaired) electrons. The van der Waals surface area contributed by atoms with E-state index in [2.05, 4.69) is 0 Å². The van der Waals surface area contributed by atoms with Gasteiger partial charge < -0.3 is 25.1 Å². The number of nitrogens with two attached hydrogens (primary N) is 1. The van der Waals surface area contributed by atoms with E-state index in [1.54, 1.807) is 6.92 Å². The van der Waals surface area contributed by atoms with E-state index in [4.69, 9.17) is 19.9 Å². The highest BCUT2D eigenvalue weighted by Gasteiger charge is 2.21. The van der Waals surface area contributed by atoms with E-state index in [0.717, 1.165) is 0 Å². The first-order valence-electron chi connectivity index (χ1n) is 5.41. The van der Waals surface area contributed by atoms with Gasteiger partial charge in [-0.05, 0) is 24.6 Å². The smallest absolute Gasteiger partial charge is 0.339 e. The lowest BCUT2D eigenvalue weighted by Crippen LogP contribution is -2.15. The molecule has 1 aromatic rings. The molecular formula is C12H17NO5. The highest BCUT2D eigenvalue weighted by molar-refractivity contribution is 5.78. The van der Waals surface area contributed by atoms with Crippen molar-refractivity contribution in [2.75, 3.05) is 26.6 Å². The number of carbonyl (C=O) groups is 1. The van der Waals surface area contributed by atoms with Crippen LogP contribution in [0.5, 0.6) is 11.5 Å². The van der Waals surface area contributed by atoms with Crippen molar-refractivity contribution in [3.63, 3.8) is 0 Å². The number of esters is 1. The van der Waals surface area contributed by atoms with E-state index in [9.17, 15) is 9.90 Å². The van der Waals surface area contributed by atoms with Crippen LogP contribution in [0, 0.1) is 0 Å². The molecule has 0 amide bonds. The Morgan fingerprint density at radius 3 is 2.22 bits per heavy atom. The molecule has 0 aromatic heterocycles. The lowest BCUT2D eigenvalue weighted by atomic mass is 10.1. The maximum absolute atomic E-state index is 11.4. The molecule has 1 rings (SSSR count). The summed E-state index contributed by atoms with van der Waals surface area (Å²) in [5.74, 6) is -0.0771. The first kappa shape index (κ1) is 14.1. The molecule has 6 nitrogen and oxygen atoms in total. The Balaban J connectivity index is 3.13. The van der Waals surface area contributed by atoms with Crippen LogP contribution in [0.4, 0.5) is 5.69 Å². The van der Waals surface area contributed by atoms with Gasteiger partial charge in [-0.25, -0.2) is 4.79 Å². The zero-order valence-corrected chi connectivity index (χ0v) is 10.6. The summed E-state index contributed by atoms with van der Waals surface area (Å²) >= 11 is 0. The Morgan fingerprint density at radius 2 is 1.83 bits per heavy atom. The van der Waals surface area contributed by atoms with E-state index in [0.29, 0.717) is 22.7 Å². The highest BCUT2D eigenvalue weighted by Crippen LogP contribution is 2.35. The summed E-state index contributed by atoms with van der Waals surface area (Å²) in [6, 6.07) is 2.94. The Hall–Kier alpha value is -1.95. The molecule has 3 N–H and O–H groups in total. The van der Waals surface area contributed by atoms with Crippen molar-refractivity contribution in [3.05, 3.63) is 17.7 Å². The maximum Gasteiger partial charge on any atom is 0.339 e. The molecule has 0 aliphatic heterocycles. The van der Waals surface area contributed by atoms with Gasteiger partial charge in [0.2, 0.25) is 0 Å². The van der Waals surface area contributed by atoms with Gasteiger partial charge in [0.25, 0.3) is 0 Å². The zero-order valence-electron chi connectivity index (χ0n) is 10.6. The second kappa shape index (κ2) is 6.11. The minimum Gasteiger partial charge on any atom is -0.494 e. The number of benzene rings is 1. The van der Waals surface area contributed by atoms with Gasteiger partial charge in [-0.15, -0.1) is 0 Å². The summed E-state index contributed by atoms with van der Waals surface area (Å²) in [7, 11) is 2.87. The summed E-state index contributed by atoms with van der Waals surface area (Å²) in [5, 5.41) is 9.82. The molecule has 0 bridgehead atoms. The van der Waals surface area contributed by atoms with E-state index in [-0.39, 0.29) is 6.61 Å². The van der Waals surface area contributed by atoms with Gasteiger partial charge in [0.1, 0.15) is 17.2 Å². The molecule has 18 heavy (non-hydrogen) atoms. The van der Waals surface area contributed by atoms with Gasteiger partial charge in [0.05, 0.1) is 20.8 Å². The van der Waals surface area contributed by atoms with Crippen molar-refractivity contribution < 1.29 is 24.1 Å². The normalized spacial score (nSPS) is 11.8. The van der Waals surface area contributed by atoms with Crippen molar-refractivity contribution in [2.24, 2.45) is 0 Å². The molecule has 0 spiro atoms. The molecule has 0 fully saturated rings. The average Bonchev–Trinajstić information content (AvgIpc) is 2.38. The fourth-order valence-electron chi connectivity index (χ4n) is 1.47. The highest BCUT2D eigenvalue weighted by atomic mass is 16.5. The summed E-state index contributed by atoms with van der Waals surface area (Å²) in [6.07, 6.45) is -1.40. The summed E-state index contributed by atoms with van der Waals surface area (Å²) < 4.78 is 14.8. The van der Waals surface area contributed by atoms with Crippen molar-refractivity contribution >= 4 is 11.7 Å². The van der Waals surface area contributed by atoms with E-state index in [1.807, 2.05) is 0 Å². The van der Waals surface area contributed by atoms with Gasteiger partial charge in [0.15, 0.2) is 6.10 Å². The summed E-state index contributed by atoms with van der Waals surface area (Å²) in [5.41, 5.74) is 6.37. The Morgan fingerprint density at radius 1 is 1.33 bits per heavy atom. The predicted octanol–water partition coefficient (Wildman–Crippen LogP) is 0.883. The lowest BCUT2D eigenvalue weighted by Gasteiger charge is -2.15. The lowest BCUT2D eigenvalue weighted by molar-refractivity contribution is -0.153. The maximum atomic E-state index is 11.4. The summed E-state index contributed by atoms with van der Waals surface area (Å²) in [4.78, 5) is 11.4. The van der Waals surface area contributed by atoms with Crippen LogP contribution in [0.3, 0.4) is 0 Å². The van der Waals surface area contributed by atoms with Crippen molar-refractivity contribution in [1.82, 2.24) is 0 Å². The number of anilines is 1. The number of methoxy groups -OCH3 is 2. The molecule has 1 atom stereocenters. The molecule has 0 aliphatic carbocycles. The van der Waals surface area contributed by atoms with Crippen molar-refractivity contribution in [1.29, 1.82) is 0 Å². The van der Waals surface area contributed by atoms with Gasteiger partial charge in [-0.1, -0.05) is 0 Å². The monoisotopic (exact) mass is 255 g/mol. The first-order chi connectivity index (χ1) is 8.54. The van der Waals surface area contributed by atoms with Crippen LogP contribution in [-0.4, -0.2) is 31.9 Å². The quantitative estimate of drug-likeness (QED) is 0.599. The van der Waals surface area contributed by atoms with Crippen LogP contribution in [0.1, 0.15) is 18.6 Å². The molecule has 0 saturated carbocycles. The van der Waals surface area contributed by atoms with Gasteiger partial charge in [0, 0.05) is 0 Å². The second-order valence-electron chi connectivity index (χ2n) is 3.49. The van der Waals surface area contributed by atoms with Crippen LogP contribution in [-0.2, 0) is 9.53 Å². The minimum atomic E-state index is -1.40. The largest absolute Gasteiger partial charge is 0.494 e. The van der Waals surface area contributed by atoms with Crippen LogP contribution >= 0.6 is 0 Å². The molecule has 0 heterocycles. The van der Waals surface area contributed by atoms with Crippen LogP contribution in [0.15, 0.2) is 12.1 Å². The number of hydrogen-bond acceptors (Lipinski definition) is 6. The fourth-order valence-corrected chi connectivity index (χ4v) is 1.47. The number of aliphatic hydroxyl groups excluding tert-OH is 1. The summed E-state index contributed by atoms with van der Waals surface area (Å²) in [6.45, 7) is 1.86. The van der Waals surface area contributed by atoms with E-state index < -0.39 is 12.1 Å². The third kappa shape index (κ3) is 2.84. The van der Waals surface area contributed by atoms with Crippen LogP contribution < -0.4 is 15.2 Å². The van der Waals surface area contributed by atoms with Crippen LogP contribution in [0.2, 0.25) is 0 Å². The molecule has 1 aromatic carbocycles. The van der Waals surface area contributed by atoms with Crippen molar-refractivity contribution in [3.8, 4) is 11.5 Å². The third-order valence-corrected chi connectivity index (χ3v) is 2.39. The minimum absolute atomic E-state index is 0.194. The standard InChI is InChI=1S/C12H17NO5/c1-4-18-12(15)11(14)7-5-8(16-2)10(13)9(6-7)17-3/h5-6,11,14H,4,13H2,1-3H3. The Labute approximate surface area is 105 Å². The fraction of sp³-hybridized carbons (Fsp3) is 0.417. The number of aliphatic hydroxyl groups is 1. The van der Waals surface area contributed by atoms with Crippen molar-refractivity contribution in [2.45, 2.75) is 13.0 Å². The van der Waals surface area contributed by atoms with E-state index >= 15 is 0 Å². The van der Waals surface area contributed by atoms with Gasteiger partial charge >= 0.3 is 5.97 Å². The third-order valence-electron chi connectivity index (χ3n) is 2.39. The predicted molar refractivity (Wildman–Crippen MR) is 65.6 cm³/mol. The molecule has 0 aliphatic rings. The molecular weight excluding hydrogens is 238 g/mol. The Kier molecular flexibility index (Phi) is 4.79. The molecule has 0 saturated heterocycles. The van der Waals surface area contributed by atoms with E-state index in [1.165, 1.54) is 26.4 Å². The number of hydrogen-bond donors (Lipinski definition) is 2. The molecule has 100 valence electrons.